The first-order chi connectivity index (χ1) is 12.3. The Morgan fingerprint density at radius 2 is 1.11 bits per heavy atom. The van der Waals surface area contributed by atoms with Crippen molar-refractivity contribution < 1.29 is 4.79 Å². The average molecular weight is 403 g/mol. The highest BCUT2D eigenvalue weighted by atomic mass is 16.1. The molecule has 0 aromatic heterocycles. The molecule has 0 aliphatic heterocycles. The van der Waals surface area contributed by atoms with Gasteiger partial charge in [-0.1, -0.05) is 76.2 Å². The molecule has 0 saturated heterocycles. The molecule has 0 aliphatic rings. The molecule has 28 heavy (non-hydrogen) atoms. The van der Waals surface area contributed by atoms with E-state index in [0.29, 0.717) is 18.6 Å². The molecule has 0 rings (SSSR count). The van der Waals surface area contributed by atoms with Gasteiger partial charge in [0.1, 0.15) is 0 Å². The predicted molar refractivity (Wildman–Crippen MR) is 126 cm³/mol. The molecule has 0 radical (unpaired) electrons. The van der Waals surface area contributed by atoms with Crippen LogP contribution in [-0.2, 0) is 4.79 Å². The Kier molecular flexibility index (Phi) is 16.4. The van der Waals surface area contributed by atoms with Gasteiger partial charge in [-0.25, -0.2) is 0 Å². The number of hydrogen-bond donors (Lipinski definition) is 4. The normalized spacial score (nSPS) is 15.2. The average Bonchev–Trinajstić information content (AvgIpc) is 2.51. The van der Waals surface area contributed by atoms with Crippen molar-refractivity contribution in [1.29, 1.82) is 0 Å². The van der Waals surface area contributed by atoms with E-state index in [4.69, 9.17) is 17.2 Å². The molecular weight excluding hydrogens is 348 g/mol. The van der Waals surface area contributed by atoms with Crippen molar-refractivity contribution >= 4 is 5.91 Å². The summed E-state index contributed by atoms with van der Waals surface area (Å²) in [6.45, 7) is 25.7. The van der Waals surface area contributed by atoms with Crippen molar-refractivity contribution in [3.05, 3.63) is 0 Å². The van der Waals surface area contributed by atoms with Crippen LogP contribution in [0.1, 0.15) is 102 Å². The summed E-state index contributed by atoms with van der Waals surface area (Å²) in [4.78, 5) is 10.8. The van der Waals surface area contributed by atoms with Crippen LogP contribution in [0.15, 0.2) is 0 Å². The molecule has 3 atom stereocenters. The van der Waals surface area contributed by atoms with E-state index in [0.717, 1.165) is 19.3 Å². The van der Waals surface area contributed by atoms with Crippen LogP contribution in [0.2, 0.25) is 0 Å². The standard InChI is InChI=1S/C9H20N2O.2C7H17N/c1-7(12)11-8(5-6-10)9(2,3)4;2*1-5-6(8)7(2,3)4/h8H,5-6,10H2,1-4H3,(H,11,12);2*6H,5,8H2,1-4H3/t8-;2*6-/m010/s1. The largest absolute Gasteiger partial charge is 0.353 e. The molecule has 172 valence electrons. The lowest BCUT2D eigenvalue weighted by molar-refractivity contribution is -0.120. The number of carbonyl (C=O) groups is 1. The summed E-state index contributed by atoms with van der Waals surface area (Å²) in [5.41, 5.74) is 17.6. The van der Waals surface area contributed by atoms with Gasteiger partial charge in [-0.05, 0) is 42.1 Å². The van der Waals surface area contributed by atoms with Gasteiger partial charge in [0.25, 0.3) is 0 Å². The Bertz CT molecular complexity index is 369. The number of hydrogen-bond acceptors (Lipinski definition) is 4. The molecular formula is C23H54N4O. The van der Waals surface area contributed by atoms with Crippen LogP contribution < -0.4 is 22.5 Å². The van der Waals surface area contributed by atoms with Gasteiger partial charge in [-0.2, -0.15) is 0 Å². The monoisotopic (exact) mass is 402 g/mol. The van der Waals surface area contributed by atoms with Gasteiger partial charge >= 0.3 is 0 Å². The molecule has 0 aromatic rings. The van der Waals surface area contributed by atoms with Gasteiger partial charge in [0.15, 0.2) is 0 Å². The van der Waals surface area contributed by atoms with Crippen molar-refractivity contribution in [2.24, 2.45) is 33.4 Å². The van der Waals surface area contributed by atoms with Crippen LogP contribution in [0.25, 0.3) is 0 Å². The molecule has 5 heteroatoms. The fourth-order valence-corrected chi connectivity index (χ4v) is 2.36. The number of rotatable bonds is 5. The van der Waals surface area contributed by atoms with E-state index in [1.807, 2.05) is 0 Å². The number of amides is 1. The van der Waals surface area contributed by atoms with E-state index >= 15 is 0 Å². The third-order valence-electron chi connectivity index (χ3n) is 4.98. The van der Waals surface area contributed by atoms with E-state index in [2.05, 4.69) is 81.5 Å². The molecule has 0 saturated carbocycles. The molecule has 7 N–H and O–H groups in total. The van der Waals surface area contributed by atoms with Gasteiger partial charge in [0, 0.05) is 25.0 Å². The lowest BCUT2D eigenvalue weighted by Crippen LogP contribution is -2.43. The summed E-state index contributed by atoms with van der Waals surface area (Å²) >= 11 is 0. The fraction of sp³-hybridized carbons (Fsp3) is 0.957. The van der Waals surface area contributed by atoms with Crippen molar-refractivity contribution in [1.82, 2.24) is 5.32 Å². The van der Waals surface area contributed by atoms with Crippen LogP contribution in [0.3, 0.4) is 0 Å². The SMILES string of the molecule is CC(=O)N[C@@H](CCN)C(C)(C)C.CC[C@@H](N)C(C)(C)C.CC[C@H](N)C(C)(C)C. The second kappa shape index (κ2) is 14.4. The van der Waals surface area contributed by atoms with E-state index < -0.39 is 0 Å². The topological polar surface area (TPSA) is 107 Å². The molecule has 0 aliphatic carbocycles. The smallest absolute Gasteiger partial charge is 0.217 e. The van der Waals surface area contributed by atoms with Crippen LogP contribution in [-0.4, -0.2) is 30.6 Å². The van der Waals surface area contributed by atoms with E-state index in [9.17, 15) is 4.79 Å². The van der Waals surface area contributed by atoms with Crippen molar-refractivity contribution in [3.63, 3.8) is 0 Å². The number of carbonyl (C=O) groups excluding carboxylic acids is 1. The minimum atomic E-state index is 0.0170. The Labute approximate surface area is 177 Å². The van der Waals surface area contributed by atoms with Crippen molar-refractivity contribution in [2.75, 3.05) is 6.54 Å². The van der Waals surface area contributed by atoms with Crippen LogP contribution in [0.4, 0.5) is 0 Å². The zero-order chi connectivity index (χ0) is 23.3. The Hall–Kier alpha value is -0.650. The minimum absolute atomic E-state index is 0.0170. The molecule has 5 nitrogen and oxygen atoms in total. The van der Waals surface area contributed by atoms with Gasteiger partial charge < -0.3 is 22.5 Å². The molecule has 0 unspecified atom stereocenters. The maximum atomic E-state index is 10.8. The lowest BCUT2D eigenvalue weighted by Gasteiger charge is -2.30. The van der Waals surface area contributed by atoms with E-state index in [1.54, 1.807) is 0 Å². The first kappa shape index (κ1) is 32.0. The minimum Gasteiger partial charge on any atom is -0.353 e. The van der Waals surface area contributed by atoms with Crippen LogP contribution in [0, 0.1) is 16.2 Å². The zero-order valence-electron chi connectivity index (χ0n) is 21.2. The fourth-order valence-electron chi connectivity index (χ4n) is 2.36. The summed E-state index contributed by atoms with van der Waals surface area (Å²) < 4.78 is 0. The maximum absolute atomic E-state index is 10.8. The van der Waals surface area contributed by atoms with E-state index in [1.165, 1.54) is 6.92 Å². The molecule has 1 amide bonds. The second-order valence-corrected chi connectivity index (χ2v) is 11.0. The summed E-state index contributed by atoms with van der Waals surface area (Å²) in [6, 6.07) is 0.880. The van der Waals surface area contributed by atoms with Gasteiger partial charge in [-0.3, -0.25) is 4.79 Å². The summed E-state index contributed by atoms with van der Waals surface area (Å²) in [5.74, 6) is 0.0170. The predicted octanol–water partition coefficient (Wildman–Crippen LogP) is 4.43. The first-order valence-electron chi connectivity index (χ1n) is 10.8. The second-order valence-electron chi connectivity index (χ2n) is 11.0. The third-order valence-corrected chi connectivity index (χ3v) is 4.98. The highest BCUT2D eigenvalue weighted by molar-refractivity contribution is 5.73. The molecule has 0 spiro atoms. The number of nitrogens with one attached hydrogen (secondary N) is 1. The van der Waals surface area contributed by atoms with Crippen LogP contribution >= 0.6 is 0 Å². The molecule has 0 bridgehead atoms. The highest BCUT2D eigenvalue weighted by Crippen LogP contribution is 2.21. The third kappa shape index (κ3) is 18.7. The molecule has 0 aromatic carbocycles. The maximum Gasteiger partial charge on any atom is 0.217 e. The van der Waals surface area contributed by atoms with Crippen molar-refractivity contribution in [2.45, 2.75) is 120 Å². The zero-order valence-corrected chi connectivity index (χ0v) is 21.2. The summed E-state index contributed by atoms with van der Waals surface area (Å²) in [6.07, 6.45) is 2.98. The quantitative estimate of drug-likeness (QED) is 0.545. The summed E-state index contributed by atoms with van der Waals surface area (Å²) in [5, 5.41) is 2.90. The Balaban J connectivity index is -0.000000347. The summed E-state index contributed by atoms with van der Waals surface area (Å²) in [7, 11) is 0. The number of nitrogens with two attached hydrogens (primary N) is 3. The molecule has 0 fully saturated rings. The van der Waals surface area contributed by atoms with Gasteiger partial charge in [0.2, 0.25) is 5.91 Å². The van der Waals surface area contributed by atoms with E-state index in [-0.39, 0.29) is 28.2 Å². The van der Waals surface area contributed by atoms with Crippen molar-refractivity contribution in [3.8, 4) is 0 Å². The Morgan fingerprint density at radius 3 is 1.21 bits per heavy atom. The Morgan fingerprint density at radius 1 is 0.786 bits per heavy atom. The lowest BCUT2D eigenvalue weighted by atomic mass is 9.85. The van der Waals surface area contributed by atoms with Crippen LogP contribution in [0.5, 0.6) is 0 Å². The van der Waals surface area contributed by atoms with Gasteiger partial charge in [0.05, 0.1) is 0 Å². The first-order valence-corrected chi connectivity index (χ1v) is 10.8. The molecule has 0 heterocycles. The van der Waals surface area contributed by atoms with Gasteiger partial charge in [-0.15, -0.1) is 0 Å². The highest BCUT2D eigenvalue weighted by Gasteiger charge is 2.24.